The number of anilines is 1. The number of rotatable bonds is 5. The van der Waals surface area contributed by atoms with Crippen molar-refractivity contribution in [2.24, 2.45) is 5.92 Å². The lowest BCUT2D eigenvalue weighted by Crippen LogP contribution is -2.22. The number of aryl methyl sites for hydroxylation is 1. The van der Waals surface area contributed by atoms with E-state index in [9.17, 15) is 13.2 Å². The summed E-state index contributed by atoms with van der Waals surface area (Å²) in [6.45, 7) is 5.54. The normalized spacial score (nSPS) is 11.7. The van der Waals surface area contributed by atoms with Gasteiger partial charge in [-0.15, -0.1) is 0 Å². The molecule has 20 heavy (non-hydrogen) atoms. The van der Waals surface area contributed by atoms with Crippen LogP contribution in [0.4, 0.5) is 5.69 Å². The SMILES string of the molecule is CCC(CC)C(=O)Nc1cc(C)c(S(=O)(=O)Cl)cc1Br. The van der Waals surface area contributed by atoms with Crippen molar-refractivity contribution in [3.05, 3.63) is 22.2 Å². The molecule has 1 N–H and O–H groups in total. The maximum Gasteiger partial charge on any atom is 0.261 e. The Morgan fingerprint density at radius 2 is 1.90 bits per heavy atom. The monoisotopic (exact) mass is 381 g/mol. The predicted molar refractivity (Wildman–Crippen MR) is 84.6 cm³/mol. The first kappa shape index (κ1) is 17.5. The van der Waals surface area contributed by atoms with Gasteiger partial charge in [0.2, 0.25) is 5.91 Å². The molecule has 112 valence electrons. The summed E-state index contributed by atoms with van der Waals surface area (Å²) in [4.78, 5) is 12.1. The number of carbonyl (C=O) groups excluding carboxylic acids is 1. The third-order valence-electron chi connectivity index (χ3n) is 3.14. The van der Waals surface area contributed by atoms with Crippen LogP contribution in [-0.4, -0.2) is 14.3 Å². The van der Waals surface area contributed by atoms with Crippen LogP contribution in [0.15, 0.2) is 21.5 Å². The van der Waals surface area contributed by atoms with E-state index in [0.717, 1.165) is 12.8 Å². The van der Waals surface area contributed by atoms with Gasteiger partial charge in [-0.1, -0.05) is 13.8 Å². The number of carbonyl (C=O) groups is 1. The van der Waals surface area contributed by atoms with Crippen molar-refractivity contribution in [3.63, 3.8) is 0 Å². The summed E-state index contributed by atoms with van der Waals surface area (Å²) in [7, 11) is 1.56. The minimum Gasteiger partial charge on any atom is -0.325 e. The number of hydrogen-bond acceptors (Lipinski definition) is 3. The zero-order valence-electron chi connectivity index (χ0n) is 11.5. The molecule has 0 saturated carbocycles. The Hall–Kier alpha value is -0.590. The summed E-state index contributed by atoms with van der Waals surface area (Å²) in [6, 6.07) is 3.00. The minimum absolute atomic E-state index is 0.0339. The van der Waals surface area contributed by atoms with Crippen LogP contribution in [0.5, 0.6) is 0 Å². The highest BCUT2D eigenvalue weighted by atomic mass is 79.9. The predicted octanol–water partition coefficient (Wildman–Crippen LogP) is 4.06. The Bertz CT molecular complexity index is 612. The van der Waals surface area contributed by atoms with E-state index in [2.05, 4.69) is 21.2 Å². The summed E-state index contributed by atoms with van der Waals surface area (Å²) in [5.41, 5.74) is 1.03. The van der Waals surface area contributed by atoms with E-state index in [0.29, 0.717) is 15.7 Å². The number of benzene rings is 1. The van der Waals surface area contributed by atoms with Gasteiger partial charge < -0.3 is 5.32 Å². The molecular weight excluding hydrogens is 366 g/mol. The fourth-order valence-electron chi connectivity index (χ4n) is 1.92. The zero-order valence-corrected chi connectivity index (χ0v) is 14.7. The van der Waals surface area contributed by atoms with Crippen molar-refractivity contribution in [3.8, 4) is 0 Å². The second kappa shape index (κ2) is 6.91. The van der Waals surface area contributed by atoms with Gasteiger partial charge in [-0.2, -0.15) is 0 Å². The quantitative estimate of drug-likeness (QED) is 0.781. The van der Waals surface area contributed by atoms with Crippen molar-refractivity contribution in [2.75, 3.05) is 5.32 Å². The van der Waals surface area contributed by atoms with Crippen LogP contribution in [0, 0.1) is 12.8 Å². The van der Waals surface area contributed by atoms with E-state index in [1.54, 1.807) is 13.0 Å². The molecular formula is C13H17BrClNO3S. The number of hydrogen-bond donors (Lipinski definition) is 1. The third-order valence-corrected chi connectivity index (χ3v) is 5.26. The van der Waals surface area contributed by atoms with E-state index < -0.39 is 9.05 Å². The van der Waals surface area contributed by atoms with Gasteiger partial charge in [0.25, 0.3) is 9.05 Å². The first-order valence-corrected chi connectivity index (χ1v) is 9.36. The van der Waals surface area contributed by atoms with E-state index in [-0.39, 0.29) is 16.7 Å². The largest absolute Gasteiger partial charge is 0.325 e. The molecule has 0 heterocycles. The molecule has 0 unspecified atom stereocenters. The second-order valence-electron chi connectivity index (χ2n) is 4.54. The van der Waals surface area contributed by atoms with Crippen LogP contribution in [0.2, 0.25) is 0 Å². The van der Waals surface area contributed by atoms with Crippen LogP contribution in [-0.2, 0) is 13.8 Å². The molecule has 0 radical (unpaired) electrons. The van der Waals surface area contributed by atoms with Gasteiger partial charge in [-0.25, -0.2) is 8.42 Å². The summed E-state index contributed by atoms with van der Waals surface area (Å²) in [6.07, 6.45) is 1.51. The molecule has 1 aromatic rings. The molecule has 0 fully saturated rings. The van der Waals surface area contributed by atoms with Gasteiger partial charge in [0.1, 0.15) is 0 Å². The fraction of sp³-hybridized carbons (Fsp3) is 0.462. The van der Waals surface area contributed by atoms with Gasteiger partial charge in [-0.05, 0) is 53.4 Å². The smallest absolute Gasteiger partial charge is 0.261 e. The molecule has 0 bridgehead atoms. The van der Waals surface area contributed by atoms with E-state index >= 15 is 0 Å². The number of nitrogens with one attached hydrogen (secondary N) is 1. The highest BCUT2D eigenvalue weighted by Crippen LogP contribution is 2.31. The van der Waals surface area contributed by atoms with Crippen molar-refractivity contribution in [1.29, 1.82) is 0 Å². The summed E-state index contributed by atoms with van der Waals surface area (Å²) < 4.78 is 23.3. The standard InChI is InChI=1S/C13H17BrClNO3S/c1-4-9(5-2)13(17)16-11-6-8(3)12(7-10(11)14)20(15,18)19/h6-7,9H,4-5H2,1-3H3,(H,16,17). The molecule has 0 aliphatic carbocycles. The Balaban J connectivity index is 3.11. The molecule has 0 atom stereocenters. The Morgan fingerprint density at radius 3 is 2.35 bits per heavy atom. The molecule has 1 rings (SSSR count). The van der Waals surface area contributed by atoms with Crippen LogP contribution in [0.1, 0.15) is 32.3 Å². The van der Waals surface area contributed by atoms with Crippen molar-refractivity contribution >= 4 is 47.3 Å². The number of halogens is 2. The topological polar surface area (TPSA) is 63.2 Å². The Morgan fingerprint density at radius 1 is 1.35 bits per heavy atom. The lowest BCUT2D eigenvalue weighted by molar-refractivity contribution is -0.120. The maximum absolute atomic E-state index is 12.0. The van der Waals surface area contributed by atoms with Crippen LogP contribution in [0.25, 0.3) is 0 Å². The van der Waals surface area contributed by atoms with Gasteiger partial charge in [0.15, 0.2) is 0 Å². The lowest BCUT2D eigenvalue weighted by Gasteiger charge is -2.15. The highest BCUT2D eigenvalue weighted by molar-refractivity contribution is 9.10. The van der Waals surface area contributed by atoms with Gasteiger partial charge >= 0.3 is 0 Å². The van der Waals surface area contributed by atoms with E-state index in [1.165, 1.54) is 6.07 Å². The number of amides is 1. The minimum atomic E-state index is -3.80. The molecule has 4 nitrogen and oxygen atoms in total. The molecule has 0 aromatic heterocycles. The Kier molecular flexibility index (Phi) is 6.04. The zero-order chi connectivity index (χ0) is 15.5. The molecule has 0 spiro atoms. The summed E-state index contributed by atoms with van der Waals surface area (Å²) >= 11 is 3.26. The van der Waals surface area contributed by atoms with Crippen molar-refractivity contribution < 1.29 is 13.2 Å². The summed E-state index contributed by atoms with van der Waals surface area (Å²) in [5, 5.41) is 2.81. The highest BCUT2D eigenvalue weighted by Gasteiger charge is 2.19. The maximum atomic E-state index is 12.0. The molecule has 7 heteroatoms. The molecule has 0 aliphatic rings. The third kappa shape index (κ3) is 4.20. The fourth-order valence-corrected chi connectivity index (χ4v) is 3.71. The van der Waals surface area contributed by atoms with Crippen LogP contribution < -0.4 is 5.32 Å². The molecule has 0 saturated heterocycles. The first-order valence-electron chi connectivity index (χ1n) is 6.26. The average Bonchev–Trinajstić information content (AvgIpc) is 2.33. The summed E-state index contributed by atoms with van der Waals surface area (Å²) in [5.74, 6) is -0.129. The average molecular weight is 383 g/mol. The van der Waals surface area contributed by atoms with Crippen molar-refractivity contribution in [1.82, 2.24) is 0 Å². The van der Waals surface area contributed by atoms with Gasteiger partial charge in [0.05, 0.1) is 10.6 Å². The molecule has 0 aliphatic heterocycles. The van der Waals surface area contributed by atoms with E-state index in [1.807, 2.05) is 13.8 Å². The molecule has 1 aromatic carbocycles. The molecule has 1 amide bonds. The van der Waals surface area contributed by atoms with Crippen molar-refractivity contribution in [2.45, 2.75) is 38.5 Å². The second-order valence-corrected chi connectivity index (χ2v) is 7.93. The van der Waals surface area contributed by atoms with Gasteiger partial charge in [0, 0.05) is 21.1 Å². The van der Waals surface area contributed by atoms with Gasteiger partial charge in [-0.3, -0.25) is 4.79 Å². The van der Waals surface area contributed by atoms with Crippen LogP contribution in [0.3, 0.4) is 0 Å². The van der Waals surface area contributed by atoms with E-state index in [4.69, 9.17) is 10.7 Å². The lowest BCUT2D eigenvalue weighted by atomic mass is 10.0. The first-order chi connectivity index (χ1) is 9.20. The Labute approximate surface area is 132 Å². The van der Waals surface area contributed by atoms with Crippen LogP contribution >= 0.6 is 26.6 Å².